The van der Waals surface area contributed by atoms with E-state index in [1.165, 1.54) is 14.2 Å². The van der Waals surface area contributed by atoms with E-state index >= 15 is 0 Å². The van der Waals surface area contributed by atoms with Crippen LogP contribution in [0, 0.1) is 5.92 Å². The second kappa shape index (κ2) is 17.2. The van der Waals surface area contributed by atoms with E-state index in [4.69, 9.17) is 19.2 Å². The minimum absolute atomic E-state index is 0.104. The lowest BCUT2D eigenvalue weighted by molar-refractivity contribution is -0.138. The summed E-state index contributed by atoms with van der Waals surface area (Å²) in [7, 11) is 2.53. The molecule has 0 spiro atoms. The van der Waals surface area contributed by atoms with Crippen molar-refractivity contribution in [1.82, 2.24) is 40.4 Å². The first-order chi connectivity index (χ1) is 27.6. The highest BCUT2D eigenvalue weighted by Crippen LogP contribution is 2.43. The molecule has 1 aliphatic rings. The monoisotopic (exact) mass is 794 g/mol. The summed E-state index contributed by atoms with van der Waals surface area (Å²) in [6.07, 6.45) is 1.17. The van der Waals surface area contributed by atoms with Crippen molar-refractivity contribution >= 4 is 45.8 Å². The molecular formula is C43H54N8O7. The lowest BCUT2D eigenvalue weighted by atomic mass is 9.92. The van der Waals surface area contributed by atoms with Crippen molar-refractivity contribution in [3.63, 3.8) is 0 Å². The van der Waals surface area contributed by atoms with Crippen molar-refractivity contribution in [1.29, 1.82) is 0 Å². The van der Waals surface area contributed by atoms with Gasteiger partial charge in [0.05, 0.1) is 49.2 Å². The van der Waals surface area contributed by atoms with Crippen molar-refractivity contribution in [3.05, 3.63) is 65.9 Å². The van der Waals surface area contributed by atoms with Crippen LogP contribution in [-0.4, -0.2) is 92.6 Å². The molecule has 15 heteroatoms. The van der Waals surface area contributed by atoms with Crippen LogP contribution >= 0.6 is 0 Å². The summed E-state index contributed by atoms with van der Waals surface area (Å²) >= 11 is 0. The third-order valence-electron chi connectivity index (χ3n) is 10.9. The number of alkyl carbamates (subject to hydrolysis) is 2. The fraction of sp³-hybridized carbons (Fsp3) is 0.442. The quantitative estimate of drug-likeness (QED) is 0.0944. The van der Waals surface area contributed by atoms with E-state index in [0.29, 0.717) is 24.8 Å². The number of imidazole rings is 2. The summed E-state index contributed by atoms with van der Waals surface area (Å²) in [6, 6.07) is 12.0. The van der Waals surface area contributed by atoms with Gasteiger partial charge in [-0.15, -0.1) is 0 Å². The van der Waals surface area contributed by atoms with Crippen LogP contribution in [0.15, 0.2) is 48.7 Å². The molecule has 4 amide bonds. The highest BCUT2D eigenvalue weighted by Gasteiger charge is 2.33. The lowest BCUT2D eigenvalue weighted by Crippen LogP contribution is -2.50. The molecule has 5 atom stereocenters. The maximum Gasteiger partial charge on any atom is 0.407 e. The highest BCUT2D eigenvalue weighted by molar-refractivity contribution is 6.07. The number of rotatable bonds is 13. The topological polar surface area (TPSA) is 184 Å². The Kier molecular flexibility index (Phi) is 12.3. The smallest absolute Gasteiger partial charge is 0.407 e. The number of nitrogens with zero attached hydrogens (tertiary/aromatic N) is 4. The number of H-pyrrole nitrogens is 2. The normalized spacial score (nSPS) is 14.7. The maximum absolute atomic E-state index is 13.6. The molecule has 2 aromatic heterocycles. The van der Waals surface area contributed by atoms with Gasteiger partial charge in [0.15, 0.2) is 0 Å². The molecule has 3 heterocycles. The molecule has 0 unspecified atom stereocenters. The maximum atomic E-state index is 13.6. The van der Waals surface area contributed by atoms with Crippen molar-refractivity contribution < 1.29 is 33.4 Å². The molecule has 1 aliphatic heterocycles. The van der Waals surface area contributed by atoms with Crippen LogP contribution in [0.25, 0.3) is 44.2 Å². The van der Waals surface area contributed by atoms with Crippen LogP contribution in [-0.2, 0) is 25.7 Å². The van der Waals surface area contributed by atoms with Gasteiger partial charge in [-0.05, 0) is 93.3 Å². The van der Waals surface area contributed by atoms with E-state index in [-0.39, 0.29) is 29.8 Å². The molecule has 4 N–H and O–H groups in total. The van der Waals surface area contributed by atoms with Crippen LogP contribution in [0.4, 0.5) is 9.59 Å². The van der Waals surface area contributed by atoms with E-state index < -0.39 is 30.3 Å². The molecule has 0 radical (unpaired) electrons. The van der Waals surface area contributed by atoms with E-state index in [2.05, 4.69) is 55.9 Å². The first kappa shape index (κ1) is 41.5. The Bertz CT molecular complexity index is 2330. The molecule has 0 fully saturated rings. The molecule has 0 bridgehead atoms. The molecule has 308 valence electrons. The fourth-order valence-corrected chi connectivity index (χ4v) is 7.53. The standard InChI is InChI=1S/C43H54N8O7/c1-11-23(4)51(41(53)25(6)46-43(55)57-10)27(8)38-44-19-35(48-38)29-12-14-31-30(16-29)21-58-36-18-32-28(17-33(31)36)13-15-34-37(32)49-39(47-34)26(7)50(20-22(2)3)40(52)24(5)45-42(54)56-9/h12-19,22-27H,11,20-21H2,1-10H3,(H,44,48)(H,45,54)(H,46,55)(H,47,49)/t23-,24-,25-,26-,27-/m0/s1. The summed E-state index contributed by atoms with van der Waals surface area (Å²) in [5.41, 5.74) is 6.41. The number of benzene rings is 3. The van der Waals surface area contributed by atoms with E-state index in [9.17, 15) is 19.2 Å². The minimum Gasteiger partial charge on any atom is -0.488 e. The number of fused-ring (bicyclic) bond motifs is 6. The number of carbonyl (C=O) groups excluding carboxylic acids is 4. The predicted octanol–water partition coefficient (Wildman–Crippen LogP) is 7.39. The van der Waals surface area contributed by atoms with Gasteiger partial charge in [0, 0.05) is 23.5 Å². The molecule has 5 aromatic rings. The molecule has 0 saturated heterocycles. The predicted molar refractivity (Wildman–Crippen MR) is 221 cm³/mol. The Morgan fingerprint density at radius 2 is 1.52 bits per heavy atom. The van der Waals surface area contributed by atoms with Gasteiger partial charge in [0.1, 0.15) is 36.1 Å². The number of amides is 4. The zero-order valence-corrected chi connectivity index (χ0v) is 34.9. The van der Waals surface area contributed by atoms with Gasteiger partial charge in [-0.2, -0.15) is 0 Å². The van der Waals surface area contributed by atoms with Crippen LogP contribution in [0.5, 0.6) is 5.75 Å². The van der Waals surface area contributed by atoms with Gasteiger partial charge in [0.25, 0.3) is 0 Å². The second-order valence-electron chi connectivity index (χ2n) is 15.5. The van der Waals surface area contributed by atoms with Crippen LogP contribution in [0.2, 0.25) is 0 Å². The number of methoxy groups -OCH3 is 2. The molecular weight excluding hydrogens is 741 g/mol. The van der Waals surface area contributed by atoms with Gasteiger partial charge in [0.2, 0.25) is 11.8 Å². The summed E-state index contributed by atoms with van der Waals surface area (Å²) < 4.78 is 15.8. The Morgan fingerprint density at radius 1 is 0.828 bits per heavy atom. The van der Waals surface area contributed by atoms with Gasteiger partial charge in [-0.3, -0.25) is 9.59 Å². The Balaban J connectivity index is 1.26. The Morgan fingerprint density at radius 3 is 2.17 bits per heavy atom. The third kappa shape index (κ3) is 8.29. The number of carbonyl (C=O) groups is 4. The largest absolute Gasteiger partial charge is 0.488 e. The summed E-state index contributed by atoms with van der Waals surface area (Å²) in [6.45, 7) is 16.1. The average Bonchev–Trinajstić information content (AvgIpc) is 3.90. The number of hydrogen-bond acceptors (Lipinski definition) is 9. The van der Waals surface area contributed by atoms with Gasteiger partial charge in [-0.25, -0.2) is 19.6 Å². The van der Waals surface area contributed by atoms with Gasteiger partial charge < -0.3 is 44.6 Å². The second-order valence-corrected chi connectivity index (χ2v) is 15.5. The van der Waals surface area contributed by atoms with E-state index in [1.807, 2.05) is 53.7 Å². The number of ether oxygens (including phenoxy) is 3. The summed E-state index contributed by atoms with van der Waals surface area (Å²) in [5.74, 6) is 1.74. The first-order valence-electron chi connectivity index (χ1n) is 19.7. The van der Waals surface area contributed by atoms with E-state index in [0.717, 1.165) is 61.9 Å². The number of nitrogens with one attached hydrogen (secondary N) is 4. The molecule has 58 heavy (non-hydrogen) atoms. The summed E-state index contributed by atoms with van der Waals surface area (Å²) in [5, 5.41) is 7.09. The van der Waals surface area contributed by atoms with E-state index in [1.54, 1.807) is 29.8 Å². The molecule has 3 aromatic carbocycles. The number of aromatic nitrogens is 4. The minimum atomic E-state index is -0.780. The van der Waals surface area contributed by atoms with Gasteiger partial charge in [-0.1, -0.05) is 39.0 Å². The molecule has 0 aliphatic carbocycles. The van der Waals surface area contributed by atoms with Crippen molar-refractivity contribution in [2.75, 3.05) is 20.8 Å². The first-order valence-corrected chi connectivity index (χ1v) is 19.7. The average molecular weight is 795 g/mol. The van der Waals surface area contributed by atoms with Crippen molar-refractivity contribution in [3.8, 4) is 28.1 Å². The SMILES string of the molecule is CC[C@H](C)N(C(=O)[C@H](C)NC(=O)OC)[C@@H](C)c1ncc(-c2ccc3c(c2)COc2cc4c(ccc5[nH]c([C@H](C)N(CC(C)C)C(=O)[C@H](C)NC(=O)OC)nc54)cc2-3)[nH]1. The zero-order valence-electron chi connectivity index (χ0n) is 34.9. The Labute approximate surface area is 338 Å². The van der Waals surface area contributed by atoms with Crippen LogP contribution in [0.1, 0.15) is 91.1 Å². The van der Waals surface area contributed by atoms with Crippen LogP contribution < -0.4 is 15.4 Å². The summed E-state index contributed by atoms with van der Waals surface area (Å²) in [4.78, 5) is 70.9. The lowest BCUT2D eigenvalue weighted by Gasteiger charge is -2.35. The molecule has 15 nitrogen and oxygen atoms in total. The highest BCUT2D eigenvalue weighted by atomic mass is 16.5. The van der Waals surface area contributed by atoms with Crippen molar-refractivity contribution in [2.45, 2.75) is 98.6 Å². The van der Waals surface area contributed by atoms with Gasteiger partial charge >= 0.3 is 12.2 Å². The fourth-order valence-electron chi connectivity index (χ4n) is 7.53. The molecule has 6 rings (SSSR count). The van der Waals surface area contributed by atoms with Crippen LogP contribution in [0.3, 0.4) is 0 Å². The number of aromatic amines is 2. The zero-order chi connectivity index (χ0) is 42.0. The molecule has 0 saturated carbocycles. The Hall–Kier alpha value is -6.12. The third-order valence-corrected chi connectivity index (χ3v) is 10.9. The van der Waals surface area contributed by atoms with Crippen molar-refractivity contribution in [2.24, 2.45) is 5.92 Å². The number of hydrogen-bond donors (Lipinski definition) is 4.